The van der Waals surface area contributed by atoms with Crippen LogP contribution in [-0.4, -0.2) is 40.8 Å². The van der Waals surface area contributed by atoms with Gasteiger partial charge in [0.25, 0.3) is 0 Å². The molecule has 2 aromatic carbocycles. The molecule has 0 saturated carbocycles. The number of fused-ring (bicyclic) bond motifs is 1. The fourth-order valence-electron chi connectivity index (χ4n) is 3.97. The average molecular weight is 404 g/mol. The topological polar surface area (TPSA) is 36.7 Å². The van der Waals surface area contributed by atoms with Crippen molar-refractivity contribution >= 4 is 28.6 Å². The smallest absolute Gasteiger partial charge is 0.154 e. The molecular weight excluding hydrogens is 382 g/mol. The molecule has 0 bridgehead atoms. The first-order valence-electron chi connectivity index (χ1n) is 9.85. The summed E-state index contributed by atoms with van der Waals surface area (Å²) in [6, 6.07) is 18.6. The van der Waals surface area contributed by atoms with Crippen LogP contribution in [0.25, 0.3) is 16.8 Å². The minimum Gasteiger partial charge on any atom is -0.368 e. The highest BCUT2D eigenvalue weighted by Crippen LogP contribution is 2.28. The number of nitrogens with zero attached hydrogens (tertiary/aromatic N) is 5. The van der Waals surface area contributed by atoms with Crippen LogP contribution in [0.3, 0.4) is 0 Å². The van der Waals surface area contributed by atoms with E-state index in [1.807, 2.05) is 29.0 Å². The van der Waals surface area contributed by atoms with Gasteiger partial charge in [0.1, 0.15) is 5.52 Å². The SMILES string of the molecule is Cc1ccccc1-c1cc2c(N3CCN(c4ccc(Cl)cc4)CC3)nccn2n1. The van der Waals surface area contributed by atoms with E-state index < -0.39 is 0 Å². The summed E-state index contributed by atoms with van der Waals surface area (Å²) in [5.41, 5.74) is 5.63. The van der Waals surface area contributed by atoms with E-state index in [1.165, 1.54) is 11.3 Å². The molecule has 0 atom stereocenters. The first kappa shape index (κ1) is 18.0. The Labute approximate surface area is 175 Å². The largest absolute Gasteiger partial charge is 0.368 e. The van der Waals surface area contributed by atoms with E-state index in [4.69, 9.17) is 21.7 Å². The molecule has 0 amide bonds. The van der Waals surface area contributed by atoms with Gasteiger partial charge in [-0.15, -0.1) is 0 Å². The van der Waals surface area contributed by atoms with Crippen LogP contribution < -0.4 is 9.80 Å². The van der Waals surface area contributed by atoms with Gasteiger partial charge in [0.05, 0.1) is 5.69 Å². The van der Waals surface area contributed by atoms with E-state index >= 15 is 0 Å². The number of hydrogen-bond acceptors (Lipinski definition) is 4. The van der Waals surface area contributed by atoms with Crippen molar-refractivity contribution in [3.8, 4) is 11.3 Å². The first-order valence-corrected chi connectivity index (χ1v) is 10.2. The van der Waals surface area contributed by atoms with Crippen molar-refractivity contribution in [3.63, 3.8) is 0 Å². The zero-order valence-electron chi connectivity index (χ0n) is 16.3. The number of anilines is 2. The molecule has 29 heavy (non-hydrogen) atoms. The van der Waals surface area contributed by atoms with Gasteiger partial charge in [-0.1, -0.05) is 35.9 Å². The highest BCUT2D eigenvalue weighted by molar-refractivity contribution is 6.30. The van der Waals surface area contributed by atoms with Crippen LogP contribution in [0.1, 0.15) is 5.56 Å². The molecule has 5 rings (SSSR count). The van der Waals surface area contributed by atoms with Crippen molar-refractivity contribution < 1.29 is 0 Å². The summed E-state index contributed by atoms with van der Waals surface area (Å²) >= 11 is 6.02. The molecule has 1 aliphatic heterocycles. The minimum atomic E-state index is 0.772. The second kappa shape index (κ2) is 7.41. The second-order valence-electron chi connectivity index (χ2n) is 7.38. The van der Waals surface area contributed by atoms with Crippen molar-refractivity contribution in [3.05, 3.63) is 77.6 Å². The molecule has 1 fully saturated rings. The number of piperazine rings is 1. The summed E-state index contributed by atoms with van der Waals surface area (Å²) < 4.78 is 1.94. The molecule has 2 aromatic heterocycles. The summed E-state index contributed by atoms with van der Waals surface area (Å²) in [6.07, 6.45) is 3.76. The van der Waals surface area contributed by atoms with Gasteiger partial charge in [-0.05, 0) is 42.8 Å². The van der Waals surface area contributed by atoms with Crippen LogP contribution in [0.4, 0.5) is 11.5 Å². The van der Waals surface area contributed by atoms with Crippen molar-refractivity contribution in [2.45, 2.75) is 6.92 Å². The summed E-state index contributed by atoms with van der Waals surface area (Å²) in [4.78, 5) is 9.44. The number of halogens is 1. The zero-order valence-corrected chi connectivity index (χ0v) is 17.0. The van der Waals surface area contributed by atoms with E-state index in [-0.39, 0.29) is 0 Å². The molecule has 5 nitrogen and oxygen atoms in total. The van der Waals surface area contributed by atoms with Crippen LogP contribution in [0.2, 0.25) is 5.02 Å². The molecule has 4 aromatic rings. The molecule has 1 saturated heterocycles. The maximum atomic E-state index is 6.02. The van der Waals surface area contributed by atoms with E-state index in [9.17, 15) is 0 Å². The number of aryl methyl sites for hydroxylation is 1. The zero-order chi connectivity index (χ0) is 19.8. The molecule has 0 aliphatic carbocycles. The Morgan fingerprint density at radius 2 is 1.62 bits per heavy atom. The predicted octanol–water partition coefficient (Wildman–Crippen LogP) is 4.68. The van der Waals surface area contributed by atoms with E-state index in [1.54, 1.807) is 0 Å². The Hall–Kier alpha value is -3.05. The first-order chi connectivity index (χ1) is 14.2. The fraction of sp³-hybridized carbons (Fsp3) is 0.217. The number of aromatic nitrogens is 3. The Balaban J connectivity index is 1.41. The molecule has 0 radical (unpaired) electrons. The van der Waals surface area contributed by atoms with Crippen LogP contribution in [0, 0.1) is 6.92 Å². The Kier molecular flexibility index (Phi) is 4.60. The van der Waals surface area contributed by atoms with Crippen molar-refractivity contribution in [2.75, 3.05) is 36.0 Å². The van der Waals surface area contributed by atoms with E-state index in [0.29, 0.717) is 0 Å². The van der Waals surface area contributed by atoms with Crippen molar-refractivity contribution in [1.29, 1.82) is 0 Å². The highest BCUT2D eigenvalue weighted by atomic mass is 35.5. The quantitative estimate of drug-likeness (QED) is 0.497. The van der Waals surface area contributed by atoms with Crippen LogP contribution in [-0.2, 0) is 0 Å². The third-order valence-corrected chi connectivity index (χ3v) is 5.81. The molecule has 0 N–H and O–H groups in total. The summed E-state index contributed by atoms with van der Waals surface area (Å²) in [6.45, 7) is 5.85. The molecule has 1 aliphatic rings. The number of benzene rings is 2. The maximum Gasteiger partial charge on any atom is 0.154 e. The lowest BCUT2D eigenvalue weighted by Crippen LogP contribution is -2.47. The highest BCUT2D eigenvalue weighted by Gasteiger charge is 2.21. The van der Waals surface area contributed by atoms with Gasteiger partial charge in [0.2, 0.25) is 0 Å². The number of hydrogen-bond donors (Lipinski definition) is 0. The predicted molar refractivity (Wildman–Crippen MR) is 119 cm³/mol. The summed E-state index contributed by atoms with van der Waals surface area (Å²) in [5, 5.41) is 5.57. The Morgan fingerprint density at radius 3 is 2.38 bits per heavy atom. The third-order valence-electron chi connectivity index (χ3n) is 5.56. The van der Waals surface area contributed by atoms with Gasteiger partial charge in [0, 0.05) is 54.8 Å². The van der Waals surface area contributed by atoms with Gasteiger partial charge in [-0.3, -0.25) is 0 Å². The van der Waals surface area contributed by atoms with Gasteiger partial charge < -0.3 is 9.80 Å². The lowest BCUT2D eigenvalue weighted by Gasteiger charge is -2.36. The number of rotatable bonds is 3. The van der Waals surface area contributed by atoms with Crippen LogP contribution in [0.15, 0.2) is 67.0 Å². The standard InChI is InChI=1S/C23H22ClN5/c1-17-4-2-3-5-20(17)21-16-22-23(25-10-11-29(22)26-21)28-14-12-27(13-15-28)19-8-6-18(24)7-9-19/h2-11,16H,12-15H2,1H3. The van der Waals surface area contributed by atoms with Gasteiger partial charge in [-0.25, -0.2) is 9.50 Å². The normalized spacial score (nSPS) is 14.6. The molecule has 6 heteroatoms. The molecule has 0 spiro atoms. The van der Waals surface area contributed by atoms with Gasteiger partial charge >= 0.3 is 0 Å². The van der Waals surface area contributed by atoms with Crippen molar-refractivity contribution in [1.82, 2.24) is 14.6 Å². The molecule has 0 unspecified atom stereocenters. The molecule has 146 valence electrons. The van der Waals surface area contributed by atoms with Gasteiger partial charge in [0.15, 0.2) is 5.82 Å². The van der Waals surface area contributed by atoms with E-state index in [2.05, 4.69) is 59.2 Å². The lowest BCUT2D eigenvalue weighted by atomic mass is 10.1. The monoisotopic (exact) mass is 403 g/mol. The maximum absolute atomic E-state index is 6.02. The molecular formula is C23H22ClN5. The summed E-state index contributed by atoms with van der Waals surface area (Å²) in [5.74, 6) is 0.996. The summed E-state index contributed by atoms with van der Waals surface area (Å²) in [7, 11) is 0. The van der Waals surface area contributed by atoms with Crippen LogP contribution >= 0.6 is 11.6 Å². The average Bonchev–Trinajstić information content (AvgIpc) is 3.19. The lowest BCUT2D eigenvalue weighted by molar-refractivity contribution is 0.647. The molecule has 3 heterocycles. The minimum absolute atomic E-state index is 0.772. The second-order valence-corrected chi connectivity index (χ2v) is 7.81. The van der Waals surface area contributed by atoms with Crippen LogP contribution in [0.5, 0.6) is 0 Å². The van der Waals surface area contributed by atoms with Gasteiger partial charge in [-0.2, -0.15) is 5.10 Å². The van der Waals surface area contributed by atoms with Crippen molar-refractivity contribution in [2.24, 2.45) is 0 Å². The van der Waals surface area contributed by atoms with E-state index in [0.717, 1.165) is 53.8 Å². The Bertz CT molecular complexity index is 1140. The Morgan fingerprint density at radius 1 is 0.897 bits per heavy atom. The fourth-order valence-corrected chi connectivity index (χ4v) is 4.10. The third kappa shape index (κ3) is 3.42.